The number of fused-ring (bicyclic) bond motifs is 1. The van der Waals surface area contributed by atoms with Gasteiger partial charge in [0, 0.05) is 25.4 Å². The highest BCUT2D eigenvalue weighted by molar-refractivity contribution is 5.91. The van der Waals surface area contributed by atoms with Gasteiger partial charge in [0.2, 0.25) is 5.91 Å². The fraction of sp³-hybridized carbons (Fsp3) is 0.270. The van der Waals surface area contributed by atoms with Crippen molar-refractivity contribution in [2.45, 2.75) is 44.6 Å². The smallest absolute Gasteiger partial charge is 0.337 e. The molecule has 6 rings (SSSR count). The van der Waals surface area contributed by atoms with Crippen LogP contribution in [0.15, 0.2) is 97.1 Å². The zero-order valence-corrected chi connectivity index (χ0v) is 23.9. The Kier molecular flexibility index (Phi) is 8.00. The summed E-state index contributed by atoms with van der Waals surface area (Å²) in [5.41, 5.74) is 8.22. The number of ether oxygens (including phenoxy) is 1. The third-order valence-corrected chi connectivity index (χ3v) is 8.73. The molecule has 1 amide bonds. The van der Waals surface area contributed by atoms with Crippen LogP contribution in [0.4, 0.5) is 0 Å². The molecule has 4 aromatic carbocycles. The second kappa shape index (κ2) is 12.2. The predicted octanol–water partition coefficient (Wildman–Crippen LogP) is 6.57. The Hall–Kier alpha value is -4.51. The predicted molar refractivity (Wildman–Crippen MR) is 163 cm³/mol. The van der Waals surface area contributed by atoms with E-state index in [0.717, 1.165) is 34.2 Å². The molecule has 1 fully saturated rings. The zero-order chi connectivity index (χ0) is 29.1. The standard InChI is InChI=1S/C37H35NO4/c1-42-37(41)29-14-8-13-28(22-29)30-17-15-27(16-18-35(39)33-23-32(33)26-11-6-3-7-12-26)34-24-38(20-19-31(30)34)36(40)21-25-9-4-2-5-10-25/h2-15,17,22,32-33H,16,18-21,23-24H2,1H3. The van der Waals surface area contributed by atoms with Crippen LogP contribution in [-0.4, -0.2) is 36.2 Å². The van der Waals surface area contributed by atoms with Crippen LogP contribution < -0.4 is 0 Å². The van der Waals surface area contributed by atoms with Crippen LogP contribution in [0.3, 0.4) is 0 Å². The lowest BCUT2D eigenvalue weighted by molar-refractivity contribution is -0.131. The maximum Gasteiger partial charge on any atom is 0.337 e. The van der Waals surface area contributed by atoms with Crippen LogP contribution in [-0.2, 0) is 40.1 Å². The second-order valence-corrected chi connectivity index (χ2v) is 11.4. The van der Waals surface area contributed by atoms with E-state index in [-0.39, 0.29) is 17.8 Å². The van der Waals surface area contributed by atoms with Crippen molar-refractivity contribution in [3.05, 3.63) is 130 Å². The number of amides is 1. The van der Waals surface area contributed by atoms with Crippen molar-refractivity contribution in [1.82, 2.24) is 4.90 Å². The number of hydrogen-bond acceptors (Lipinski definition) is 4. The summed E-state index contributed by atoms with van der Waals surface area (Å²) in [6.45, 7) is 1.15. The highest BCUT2D eigenvalue weighted by Crippen LogP contribution is 2.48. The van der Waals surface area contributed by atoms with Crippen molar-refractivity contribution in [2.75, 3.05) is 13.7 Å². The van der Waals surface area contributed by atoms with Gasteiger partial charge >= 0.3 is 5.97 Å². The van der Waals surface area contributed by atoms with Crippen LogP contribution in [0.25, 0.3) is 11.1 Å². The third-order valence-electron chi connectivity index (χ3n) is 8.73. The van der Waals surface area contributed by atoms with Crippen molar-refractivity contribution in [3.63, 3.8) is 0 Å². The quantitative estimate of drug-likeness (QED) is 0.218. The first-order valence-electron chi connectivity index (χ1n) is 14.7. The molecule has 2 unspecified atom stereocenters. The van der Waals surface area contributed by atoms with E-state index >= 15 is 0 Å². The molecule has 5 nitrogen and oxygen atoms in total. The Bertz CT molecular complexity index is 1610. The molecule has 0 spiro atoms. The minimum absolute atomic E-state index is 0.104. The van der Waals surface area contributed by atoms with E-state index < -0.39 is 0 Å². The van der Waals surface area contributed by atoms with E-state index in [1.807, 2.05) is 71.6 Å². The Labute approximate surface area is 247 Å². The van der Waals surface area contributed by atoms with Crippen LogP contribution >= 0.6 is 0 Å². The SMILES string of the molecule is COC(=O)c1cccc(-c2ccc(CCC(=O)C3CC3c3ccccc3)c3c2CCN(C(=O)Cc2ccccc2)C3)c1. The van der Waals surface area contributed by atoms with Gasteiger partial charge in [-0.15, -0.1) is 0 Å². The summed E-state index contributed by atoms with van der Waals surface area (Å²) < 4.78 is 4.95. The molecule has 0 bridgehead atoms. The number of carbonyl (C=O) groups is 3. The van der Waals surface area contributed by atoms with E-state index in [9.17, 15) is 14.4 Å². The number of Topliss-reactive ketones (excluding diaryl/α,β-unsaturated/α-hetero) is 1. The number of carbonyl (C=O) groups excluding carboxylic acids is 3. The fourth-order valence-corrected chi connectivity index (χ4v) is 6.33. The number of nitrogens with zero attached hydrogens (tertiary/aromatic N) is 1. The van der Waals surface area contributed by atoms with Gasteiger partial charge in [-0.3, -0.25) is 9.59 Å². The summed E-state index contributed by atoms with van der Waals surface area (Å²) in [6.07, 6.45) is 3.16. The van der Waals surface area contributed by atoms with E-state index in [0.29, 0.717) is 56.0 Å². The van der Waals surface area contributed by atoms with Crippen molar-refractivity contribution in [2.24, 2.45) is 5.92 Å². The summed E-state index contributed by atoms with van der Waals surface area (Å²) in [4.78, 5) is 40.7. The van der Waals surface area contributed by atoms with Crippen molar-refractivity contribution >= 4 is 17.7 Å². The Morgan fingerprint density at radius 2 is 1.62 bits per heavy atom. The molecule has 4 aromatic rings. The zero-order valence-electron chi connectivity index (χ0n) is 23.9. The number of aryl methyl sites for hydroxylation is 1. The van der Waals surface area contributed by atoms with Gasteiger partial charge in [-0.2, -0.15) is 0 Å². The molecule has 0 N–H and O–H groups in total. The monoisotopic (exact) mass is 557 g/mol. The molecule has 2 aliphatic rings. The number of ketones is 1. The summed E-state index contributed by atoms with van der Waals surface area (Å²) in [5.74, 6) is 0.499. The van der Waals surface area contributed by atoms with Gasteiger partial charge in [0.05, 0.1) is 19.1 Å². The van der Waals surface area contributed by atoms with Crippen LogP contribution in [0.1, 0.15) is 56.9 Å². The van der Waals surface area contributed by atoms with Crippen LogP contribution in [0, 0.1) is 5.92 Å². The lowest BCUT2D eigenvalue weighted by atomic mass is 9.85. The van der Waals surface area contributed by atoms with Crippen LogP contribution in [0.5, 0.6) is 0 Å². The highest BCUT2D eigenvalue weighted by atomic mass is 16.5. The van der Waals surface area contributed by atoms with Crippen molar-refractivity contribution in [3.8, 4) is 11.1 Å². The molecule has 1 saturated carbocycles. The normalized spacial score (nSPS) is 17.3. The molecule has 1 aliphatic carbocycles. The van der Waals surface area contributed by atoms with E-state index in [4.69, 9.17) is 4.74 Å². The van der Waals surface area contributed by atoms with Crippen molar-refractivity contribution < 1.29 is 19.1 Å². The van der Waals surface area contributed by atoms with Gasteiger partial charge in [-0.05, 0) is 76.3 Å². The number of benzene rings is 4. The molecule has 5 heteroatoms. The van der Waals surface area contributed by atoms with Gasteiger partial charge in [0.25, 0.3) is 0 Å². The topological polar surface area (TPSA) is 63.7 Å². The van der Waals surface area contributed by atoms with E-state index in [2.05, 4.69) is 24.3 Å². The van der Waals surface area contributed by atoms with Gasteiger partial charge in [0.1, 0.15) is 5.78 Å². The van der Waals surface area contributed by atoms with E-state index in [1.54, 1.807) is 6.07 Å². The molecule has 0 saturated heterocycles. The molecule has 2 atom stereocenters. The van der Waals surface area contributed by atoms with E-state index in [1.165, 1.54) is 18.2 Å². The van der Waals surface area contributed by atoms with Gasteiger partial charge in [-0.1, -0.05) is 84.9 Å². The number of esters is 1. The van der Waals surface area contributed by atoms with Crippen LogP contribution in [0.2, 0.25) is 0 Å². The highest BCUT2D eigenvalue weighted by Gasteiger charge is 2.43. The van der Waals surface area contributed by atoms with Gasteiger partial charge in [0.15, 0.2) is 0 Å². The molecular weight excluding hydrogens is 522 g/mol. The second-order valence-electron chi connectivity index (χ2n) is 11.4. The average Bonchev–Trinajstić information content (AvgIpc) is 3.85. The maximum absolute atomic E-state index is 13.4. The first kappa shape index (κ1) is 27.6. The Morgan fingerprint density at radius 1 is 0.857 bits per heavy atom. The molecule has 1 aliphatic heterocycles. The molecule has 212 valence electrons. The summed E-state index contributed by atoms with van der Waals surface area (Å²) in [6, 6.07) is 31.9. The lowest BCUT2D eigenvalue weighted by Gasteiger charge is -2.32. The Morgan fingerprint density at radius 3 is 2.38 bits per heavy atom. The van der Waals surface area contributed by atoms with Crippen molar-refractivity contribution in [1.29, 1.82) is 0 Å². The molecule has 0 aromatic heterocycles. The molecule has 1 heterocycles. The largest absolute Gasteiger partial charge is 0.465 e. The maximum atomic E-state index is 13.4. The first-order valence-corrected chi connectivity index (χ1v) is 14.7. The molecule has 42 heavy (non-hydrogen) atoms. The summed E-state index contributed by atoms with van der Waals surface area (Å²) in [7, 11) is 1.39. The number of methoxy groups -OCH3 is 1. The fourth-order valence-electron chi connectivity index (χ4n) is 6.33. The minimum Gasteiger partial charge on any atom is -0.465 e. The Balaban J connectivity index is 1.25. The number of hydrogen-bond donors (Lipinski definition) is 0. The first-order chi connectivity index (χ1) is 20.5. The minimum atomic E-state index is -0.368. The van der Waals surface area contributed by atoms with Gasteiger partial charge < -0.3 is 9.64 Å². The number of rotatable bonds is 9. The molecule has 0 radical (unpaired) electrons. The average molecular weight is 558 g/mol. The third kappa shape index (κ3) is 5.91. The van der Waals surface area contributed by atoms with Gasteiger partial charge in [-0.25, -0.2) is 4.79 Å². The lowest BCUT2D eigenvalue weighted by Crippen LogP contribution is -2.37. The summed E-state index contributed by atoms with van der Waals surface area (Å²) in [5, 5.41) is 0. The molecular formula is C37H35NO4. The summed E-state index contributed by atoms with van der Waals surface area (Å²) >= 11 is 0.